The number of nitrogens with one attached hydrogen (secondary N) is 1. The molecule has 0 saturated carbocycles. The highest BCUT2D eigenvalue weighted by molar-refractivity contribution is 9.08. The lowest BCUT2D eigenvalue weighted by Gasteiger charge is -2.22. The maximum absolute atomic E-state index is 12.6. The average molecular weight is 382 g/mol. The summed E-state index contributed by atoms with van der Waals surface area (Å²) in [6.07, 6.45) is 1.76. The Kier molecular flexibility index (Phi) is 4.06. The van der Waals surface area contributed by atoms with Crippen molar-refractivity contribution >= 4 is 50.8 Å². The molecule has 114 valence electrons. The Bertz CT molecular complexity index is 765. The Morgan fingerprint density at radius 2 is 2.14 bits per heavy atom. The van der Waals surface area contributed by atoms with Crippen LogP contribution < -0.4 is 10.2 Å². The van der Waals surface area contributed by atoms with Gasteiger partial charge in [-0.25, -0.2) is 9.97 Å². The Balaban J connectivity index is 2.27. The molecule has 1 aliphatic rings. The lowest BCUT2D eigenvalue weighted by atomic mass is 10.2. The predicted octanol–water partition coefficient (Wildman–Crippen LogP) is 4.06. The first-order valence-corrected chi connectivity index (χ1v) is 8.36. The fourth-order valence-corrected chi connectivity index (χ4v) is 3.05. The minimum absolute atomic E-state index is 0.185. The standard InChI is InChI=1S/C15H14BrClN4O/c1-3-21-13-10(5-9(6-16)7-18-13)15(22)20-12-8(2)4-11(17)19-14(12)21/h4-5,7H,3,6H2,1-2H3,(H,20,22). The summed E-state index contributed by atoms with van der Waals surface area (Å²) < 4.78 is 0. The summed E-state index contributed by atoms with van der Waals surface area (Å²) in [5, 5.41) is 3.97. The number of aromatic nitrogens is 2. The third-order valence-corrected chi connectivity index (χ3v) is 4.40. The van der Waals surface area contributed by atoms with Gasteiger partial charge in [0.25, 0.3) is 5.91 Å². The van der Waals surface area contributed by atoms with Crippen LogP contribution in [0.2, 0.25) is 5.15 Å². The normalized spacial score (nSPS) is 13.3. The van der Waals surface area contributed by atoms with Crippen molar-refractivity contribution in [3.05, 3.63) is 40.2 Å². The third kappa shape index (κ3) is 2.46. The topological polar surface area (TPSA) is 58.1 Å². The molecule has 0 saturated heterocycles. The first-order valence-electron chi connectivity index (χ1n) is 6.86. The maximum Gasteiger partial charge on any atom is 0.259 e. The highest BCUT2D eigenvalue weighted by atomic mass is 79.9. The number of rotatable bonds is 2. The summed E-state index contributed by atoms with van der Waals surface area (Å²) in [5.74, 6) is 1.03. The van der Waals surface area contributed by atoms with Crippen LogP contribution in [0.25, 0.3) is 0 Å². The monoisotopic (exact) mass is 380 g/mol. The van der Waals surface area contributed by atoms with Gasteiger partial charge in [0.15, 0.2) is 5.82 Å². The van der Waals surface area contributed by atoms with E-state index < -0.39 is 0 Å². The Morgan fingerprint density at radius 3 is 2.82 bits per heavy atom. The van der Waals surface area contributed by atoms with E-state index in [-0.39, 0.29) is 5.91 Å². The molecule has 3 rings (SSSR count). The Hall–Kier alpha value is -1.66. The molecule has 0 atom stereocenters. The van der Waals surface area contributed by atoms with E-state index in [2.05, 4.69) is 31.2 Å². The van der Waals surface area contributed by atoms with Crippen LogP contribution in [-0.4, -0.2) is 22.4 Å². The van der Waals surface area contributed by atoms with Gasteiger partial charge in [-0.3, -0.25) is 4.79 Å². The van der Waals surface area contributed by atoms with Crippen LogP contribution >= 0.6 is 27.5 Å². The predicted molar refractivity (Wildman–Crippen MR) is 91.5 cm³/mol. The zero-order valence-electron chi connectivity index (χ0n) is 12.2. The van der Waals surface area contributed by atoms with Gasteiger partial charge >= 0.3 is 0 Å². The van der Waals surface area contributed by atoms with E-state index in [1.54, 1.807) is 12.3 Å². The number of hydrogen-bond acceptors (Lipinski definition) is 4. The highest BCUT2D eigenvalue weighted by Crippen LogP contribution is 2.38. The first-order chi connectivity index (χ1) is 10.5. The van der Waals surface area contributed by atoms with Crippen molar-refractivity contribution in [2.45, 2.75) is 19.2 Å². The molecule has 2 aromatic heterocycles. The molecule has 1 amide bonds. The van der Waals surface area contributed by atoms with E-state index in [4.69, 9.17) is 11.6 Å². The smallest absolute Gasteiger partial charge is 0.259 e. The molecule has 0 radical (unpaired) electrons. The molecule has 3 heterocycles. The highest BCUT2D eigenvalue weighted by Gasteiger charge is 2.28. The molecule has 0 unspecified atom stereocenters. The first kappa shape index (κ1) is 15.2. The summed E-state index contributed by atoms with van der Waals surface area (Å²) in [4.78, 5) is 23.3. The molecule has 5 nitrogen and oxygen atoms in total. The lowest BCUT2D eigenvalue weighted by Crippen LogP contribution is -2.20. The van der Waals surface area contributed by atoms with Crippen LogP contribution in [0.1, 0.15) is 28.4 Å². The van der Waals surface area contributed by atoms with Crippen LogP contribution in [0.5, 0.6) is 0 Å². The molecule has 0 fully saturated rings. The van der Waals surface area contributed by atoms with Crippen molar-refractivity contribution in [2.24, 2.45) is 0 Å². The minimum atomic E-state index is -0.185. The number of carbonyl (C=O) groups excluding carboxylic acids is 1. The van der Waals surface area contributed by atoms with E-state index in [0.717, 1.165) is 11.1 Å². The van der Waals surface area contributed by atoms with Gasteiger partial charge in [0.05, 0.1) is 11.3 Å². The molecular formula is C15H14BrClN4O. The van der Waals surface area contributed by atoms with Crippen LogP contribution in [0.4, 0.5) is 17.3 Å². The summed E-state index contributed by atoms with van der Waals surface area (Å²) in [6.45, 7) is 4.51. The number of halogens is 2. The van der Waals surface area contributed by atoms with E-state index in [1.165, 1.54) is 0 Å². The molecule has 1 aliphatic heterocycles. The van der Waals surface area contributed by atoms with E-state index in [0.29, 0.717) is 39.9 Å². The number of amides is 1. The molecule has 22 heavy (non-hydrogen) atoms. The molecule has 7 heteroatoms. The molecular weight excluding hydrogens is 368 g/mol. The van der Waals surface area contributed by atoms with Gasteiger partial charge in [0.1, 0.15) is 11.0 Å². The Labute approximate surface area is 141 Å². The van der Waals surface area contributed by atoms with E-state index in [1.807, 2.05) is 24.8 Å². The van der Waals surface area contributed by atoms with Crippen molar-refractivity contribution in [1.82, 2.24) is 9.97 Å². The lowest BCUT2D eigenvalue weighted by molar-refractivity contribution is 0.102. The fraction of sp³-hybridized carbons (Fsp3) is 0.267. The van der Waals surface area contributed by atoms with Crippen LogP contribution in [0, 0.1) is 6.92 Å². The number of nitrogens with zero attached hydrogens (tertiary/aromatic N) is 3. The van der Waals surface area contributed by atoms with Gasteiger partial charge in [0.2, 0.25) is 0 Å². The van der Waals surface area contributed by atoms with Gasteiger partial charge in [-0.1, -0.05) is 27.5 Å². The average Bonchev–Trinajstić information content (AvgIpc) is 2.62. The van der Waals surface area contributed by atoms with Crippen LogP contribution in [0.15, 0.2) is 18.3 Å². The van der Waals surface area contributed by atoms with Crippen molar-refractivity contribution in [3.63, 3.8) is 0 Å². The van der Waals surface area contributed by atoms with Gasteiger partial charge in [-0.15, -0.1) is 0 Å². The SMILES string of the molecule is CCN1c2ncc(CBr)cc2C(=O)Nc2c(C)cc(Cl)nc21. The van der Waals surface area contributed by atoms with Crippen molar-refractivity contribution in [1.29, 1.82) is 0 Å². The number of alkyl halides is 1. The largest absolute Gasteiger partial charge is 0.318 e. The zero-order chi connectivity index (χ0) is 15.9. The number of pyridine rings is 2. The number of fused-ring (bicyclic) bond motifs is 2. The minimum Gasteiger partial charge on any atom is -0.318 e. The summed E-state index contributed by atoms with van der Waals surface area (Å²) in [7, 11) is 0. The zero-order valence-corrected chi connectivity index (χ0v) is 14.5. The second-order valence-corrected chi connectivity index (χ2v) is 5.96. The van der Waals surface area contributed by atoms with Gasteiger partial charge in [-0.2, -0.15) is 0 Å². The molecule has 0 spiro atoms. The number of aryl methyl sites for hydroxylation is 1. The second kappa shape index (κ2) is 5.85. The van der Waals surface area contributed by atoms with Gasteiger partial charge < -0.3 is 10.2 Å². The molecule has 0 aliphatic carbocycles. The molecule has 2 aromatic rings. The number of hydrogen-bond donors (Lipinski definition) is 1. The van der Waals surface area contributed by atoms with Crippen LogP contribution in [0.3, 0.4) is 0 Å². The van der Waals surface area contributed by atoms with E-state index in [9.17, 15) is 4.79 Å². The van der Waals surface area contributed by atoms with Crippen molar-refractivity contribution < 1.29 is 4.79 Å². The summed E-state index contributed by atoms with van der Waals surface area (Å²) >= 11 is 9.48. The van der Waals surface area contributed by atoms with E-state index >= 15 is 0 Å². The third-order valence-electron chi connectivity index (χ3n) is 3.55. The quantitative estimate of drug-likeness (QED) is 0.629. The van der Waals surface area contributed by atoms with Crippen molar-refractivity contribution in [3.8, 4) is 0 Å². The molecule has 0 aromatic carbocycles. The summed E-state index contributed by atoms with van der Waals surface area (Å²) in [6, 6.07) is 3.58. The summed E-state index contributed by atoms with van der Waals surface area (Å²) in [5.41, 5.74) is 3.02. The van der Waals surface area contributed by atoms with Crippen LogP contribution in [-0.2, 0) is 5.33 Å². The molecule has 1 N–H and O–H groups in total. The second-order valence-electron chi connectivity index (χ2n) is 5.01. The Morgan fingerprint density at radius 1 is 1.36 bits per heavy atom. The number of anilines is 3. The number of carbonyl (C=O) groups is 1. The van der Waals surface area contributed by atoms with Gasteiger partial charge in [-0.05, 0) is 37.1 Å². The molecule has 0 bridgehead atoms. The fourth-order valence-electron chi connectivity index (χ4n) is 2.50. The maximum atomic E-state index is 12.6. The van der Waals surface area contributed by atoms with Crippen molar-refractivity contribution in [2.75, 3.05) is 16.8 Å². The van der Waals surface area contributed by atoms with Gasteiger partial charge in [0, 0.05) is 18.1 Å².